The summed E-state index contributed by atoms with van der Waals surface area (Å²) in [6, 6.07) is 16.2. The van der Waals surface area contributed by atoms with Crippen LogP contribution in [0.15, 0.2) is 60.9 Å². The van der Waals surface area contributed by atoms with Crippen LogP contribution in [-0.2, 0) is 9.59 Å². The van der Waals surface area contributed by atoms with Crippen molar-refractivity contribution in [3.8, 4) is 5.75 Å². The van der Waals surface area contributed by atoms with Crippen molar-refractivity contribution < 1.29 is 14.3 Å². The fourth-order valence-corrected chi connectivity index (χ4v) is 2.94. The molecule has 0 aliphatic carbocycles. The van der Waals surface area contributed by atoms with Gasteiger partial charge in [0, 0.05) is 5.69 Å². The molecule has 8 heteroatoms. The summed E-state index contributed by atoms with van der Waals surface area (Å²) in [6.07, 6.45) is 1.66. The van der Waals surface area contributed by atoms with Crippen LogP contribution in [0.25, 0.3) is 0 Å². The number of carbonyl (C=O) groups is 2. The largest absolute Gasteiger partial charge is 0.484 e. The minimum absolute atomic E-state index is 0.113. The second kappa shape index (κ2) is 7.28. The molecule has 1 atom stereocenters. The Hall–Kier alpha value is -3.68. The molecule has 1 aliphatic heterocycles. The molecule has 0 saturated heterocycles. The monoisotopic (exact) mass is 363 g/mol. The quantitative estimate of drug-likeness (QED) is 0.724. The summed E-state index contributed by atoms with van der Waals surface area (Å²) in [4.78, 5) is 28.0. The lowest BCUT2D eigenvalue weighted by atomic mass is 10.0. The number of aromatic nitrogens is 3. The molecule has 0 bridgehead atoms. The summed E-state index contributed by atoms with van der Waals surface area (Å²) in [5.74, 6) is 0.601. The highest BCUT2D eigenvalue weighted by atomic mass is 16.5. The van der Waals surface area contributed by atoms with Crippen LogP contribution in [0.5, 0.6) is 5.75 Å². The molecule has 0 saturated carbocycles. The number of hydrogen-bond acceptors (Lipinski definition) is 5. The van der Waals surface area contributed by atoms with Gasteiger partial charge in [-0.15, -0.1) is 0 Å². The molecule has 0 radical (unpaired) electrons. The molecular weight excluding hydrogens is 346 g/mol. The second-order valence-corrected chi connectivity index (χ2v) is 6.07. The maximum absolute atomic E-state index is 12.0. The molecule has 3 aromatic rings. The Kier molecular flexibility index (Phi) is 4.52. The van der Waals surface area contributed by atoms with E-state index in [2.05, 4.69) is 20.7 Å². The van der Waals surface area contributed by atoms with Gasteiger partial charge < -0.3 is 10.1 Å². The highest BCUT2D eigenvalue weighted by molar-refractivity contribution is 5.92. The summed E-state index contributed by atoms with van der Waals surface area (Å²) >= 11 is 0. The van der Waals surface area contributed by atoms with Crippen molar-refractivity contribution in [1.29, 1.82) is 0 Å². The van der Waals surface area contributed by atoms with Crippen LogP contribution in [0.2, 0.25) is 0 Å². The number of amides is 2. The van der Waals surface area contributed by atoms with Crippen LogP contribution in [0, 0.1) is 0 Å². The van der Waals surface area contributed by atoms with Crippen LogP contribution >= 0.6 is 0 Å². The number of rotatable bonds is 5. The minimum Gasteiger partial charge on any atom is -0.484 e. The maximum Gasteiger partial charge on any atom is 0.262 e. The fraction of sp³-hybridized carbons (Fsp3) is 0.158. The van der Waals surface area contributed by atoms with Crippen LogP contribution < -0.4 is 15.4 Å². The van der Waals surface area contributed by atoms with E-state index in [0.717, 1.165) is 5.56 Å². The third kappa shape index (κ3) is 3.79. The topological polar surface area (TPSA) is 98.1 Å². The minimum atomic E-state index is -0.266. The van der Waals surface area contributed by atoms with Gasteiger partial charge in [-0.05, 0) is 29.8 Å². The molecule has 0 unspecified atom stereocenters. The number of anilines is 2. The Morgan fingerprint density at radius 3 is 2.93 bits per heavy atom. The molecule has 8 nitrogen and oxygen atoms in total. The van der Waals surface area contributed by atoms with E-state index in [0.29, 0.717) is 17.4 Å². The molecule has 2 heterocycles. The molecule has 2 amide bonds. The van der Waals surface area contributed by atoms with Crippen molar-refractivity contribution in [2.24, 2.45) is 0 Å². The average Bonchev–Trinajstić information content (AvgIpc) is 3.15. The molecule has 1 aliphatic rings. The third-order valence-electron chi connectivity index (χ3n) is 4.17. The first-order chi connectivity index (χ1) is 13.2. The zero-order valence-corrected chi connectivity index (χ0v) is 14.3. The van der Waals surface area contributed by atoms with Crippen LogP contribution in [0.1, 0.15) is 18.0 Å². The van der Waals surface area contributed by atoms with E-state index in [9.17, 15) is 9.59 Å². The van der Waals surface area contributed by atoms with Gasteiger partial charge in [0.1, 0.15) is 12.1 Å². The van der Waals surface area contributed by atoms with E-state index in [4.69, 9.17) is 4.74 Å². The highest BCUT2D eigenvalue weighted by Gasteiger charge is 2.27. The SMILES string of the molecule is O=C(COc1cccc([C@@H]2CC(=O)Nc3ncnn32)c1)Nc1ccccc1. The lowest BCUT2D eigenvalue weighted by Crippen LogP contribution is -2.29. The molecule has 4 rings (SSSR count). The van der Waals surface area contributed by atoms with Crippen molar-refractivity contribution in [3.05, 3.63) is 66.5 Å². The molecule has 1 aromatic heterocycles. The molecule has 27 heavy (non-hydrogen) atoms. The smallest absolute Gasteiger partial charge is 0.262 e. The fourth-order valence-electron chi connectivity index (χ4n) is 2.94. The van der Waals surface area contributed by atoms with E-state index in [1.807, 2.05) is 48.5 Å². The third-order valence-corrected chi connectivity index (χ3v) is 4.17. The molecule has 2 aromatic carbocycles. The first kappa shape index (κ1) is 16.8. The number of nitrogens with zero attached hydrogens (tertiary/aromatic N) is 3. The Bertz CT molecular complexity index is 970. The number of ether oxygens (including phenoxy) is 1. The van der Waals surface area contributed by atoms with E-state index in [1.165, 1.54) is 6.33 Å². The van der Waals surface area contributed by atoms with E-state index >= 15 is 0 Å². The Morgan fingerprint density at radius 1 is 1.22 bits per heavy atom. The molecule has 0 spiro atoms. The van der Waals surface area contributed by atoms with Crippen molar-refractivity contribution in [2.45, 2.75) is 12.5 Å². The Morgan fingerprint density at radius 2 is 2.07 bits per heavy atom. The number of hydrogen-bond donors (Lipinski definition) is 2. The Labute approximate surface area is 155 Å². The van der Waals surface area contributed by atoms with Crippen LogP contribution in [-0.4, -0.2) is 33.2 Å². The number of fused-ring (bicyclic) bond motifs is 1. The number of para-hydroxylation sites is 1. The molecular formula is C19H17N5O3. The van der Waals surface area contributed by atoms with Crippen molar-refractivity contribution in [3.63, 3.8) is 0 Å². The van der Waals surface area contributed by atoms with Gasteiger partial charge in [-0.2, -0.15) is 10.1 Å². The zero-order chi connectivity index (χ0) is 18.6. The first-order valence-corrected chi connectivity index (χ1v) is 8.46. The lowest BCUT2D eigenvalue weighted by Gasteiger charge is -2.24. The van der Waals surface area contributed by atoms with Gasteiger partial charge >= 0.3 is 0 Å². The summed E-state index contributed by atoms with van der Waals surface area (Å²) < 4.78 is 7.28. The zero-order valence-electron chi connectivity index (χ0n) is 14.3. The van der Waals surface area contributed by atoms with E-state index < -0.39 is 0 Å². The predicted molar refractivity (Wildman–Crippen MR) is 98.4 cm³/mol. The van der Waals surface area contributed by atoms with E-state index in [1.54, 1.807) is 10.7 Å². The highest BCUT2D eigenvalue weighted by Crippen LogP contribution is 2.30. The second-order valence-electron chi connectivity index (χ2n) is 6.07. The maximum atomic E-state index is 12.0. The van der Waals surface area contributed by atoms with Gasteiger partial charge in [-0.3, -0.25) is 14.9 Å². The normalized spacial score (nSPS) is 15.6. The van der Waals surface area contributed by atoms with Crippen LogP contribution in [0.3, 0.4) is 0 Å². The number of nitrogens with one attached hydrogen (secondary N) is 2. The van der Waals surface area contributed by atoms with E-state index in [-0.39, 0.29) is 30.9 Å². The predicted octanol–water partition coefficient (Wildman–Crippen LogP) is 2.23. The summed E-state index contributed by atoms with van der Waals surface area (Å²) in [5.41, 5.74) is 1.57. The first-order valence-electron chi connectivity index (χ1n) is 8.46. The number of benzene rings is 2. The molecule has 0 fully saturated rings. The lowest BCUT2D eigenvalue weighted by molar-refractivity contribution is -0.118. The number of carbonyl (C=O) groups excluding carboxylic acids is 2. The van der Waals surface area contributed by atoms with Crippen molar-refractivity contribution in [1.82, 2.24) is 14.8 Å². The van der Waals surface area contributed by atoms with Gasteiger partial charge in [0.05, 0.1) is 12.5 Å². The van der Waals surface area contributed by atoms with Crippen LogP contribution in [0.4, 0.5) is 11.6 Å². The summed E-state index contributed by atoms with van der Waals surface area (Å²) in [7, 11) is 0. The summed E-state index contributed by atoms with van der Waals surface area (Å²) in [5, 5.41) is 9.64. The molecule has 2 N–H and O–H groups in total. The van der Waals surface area contributed by atoms with Crippen molar-refractivity contribution >= 4 is 23.5 Å². The Balaban J connectivity index is 1.44. The summed E-state index contributed by atoms with van der Waals surface area (Å²) in [6.45, 7) is -0.113. The van der Waals surface area contributed by atoms with Crippen molar-refractivity contribution in [2.75, 3.05) is 17.2 Å². The van der Waals surface area contributed by atoms with Gasteiger partial charge in [0.2, 0.25) is 11.9 Å². The van der Waals surface area contributed by atoms with Gasteiger partial charge in [-0.25, -0.2) is 4.68 Å². The molecule has 136 valence electrons. The average molecular weight is 363 g/mol. The standard InChI is InChI=1S/C19H17N5O3/c25-17-10-16(24-19(23-17)20-12-21-24)13-5-4-8-15(9-13)27-11-18(26)22-14-6-2-1-3-7-14/h1-9,12,16H,10-11H2,(H,22,26)(H,20,21,23,25)/t16-/m0/s1. The van der Waals surface area contributed by atoms with Gasteiger partial charge in [0.25, 0.3) is 5.91 Å². The van der Waals surface area contributed by atoms with Gasteiger partial charge in [-0.1, -0.05) is 30.3 Å². The van der Waals surface area contributed by atoms with Gasteiger partial charge in [0.15, 0.2) is 6.61 Å².